The average Bonchev–Trinajstić information content (AvgIpc) is 3.73. The summed E-state index contributed by atoms with van der Waals surface area (Å²) in [5.74, 6) is 1.81. The van der Waals surface area contributed by atoms with E-state index in [9.17, 15) is 5.11 Å². The zero-order valence-corrected chi connectivity index (χ0v) is 21.9. The molecule has 6 aromatic heterocycles. The van der Waals surface area contributed by atoms with Gasteiger partial charge in [-0.3, -0.25) is 4.40 Å². The number of fused-ring (bicyclic) bond motifs is 2. The van der Waals surface area contributed by atoms with Gasteiger partial charge in [0, 0.05) is 23.9 Å². The molecule has 0 atom stereocenters. The number of nitrogen functional groups attached to an aromatic ring is 1. The van der Waals surface area contributed by atoms with Crippen molar-refractivity contribution in [3.05, 3.63) is 85.1 Å². The highest BCUT2D eigenvalue weighted by Crippen LogP contribution is 2.37. The highest BCUT2D eigenvalue weighted by Gasteiger charge is 2.23. The molecule has 7 rings (SSSR count). The van der Waals surface area contributed by atoms with E-state index in [0.29, 0.717) is 56.8 Å². The first-order chi connectivity index (χ1) is 19.8. The maximum atomic E-state index is 10.3. The van der Waals surface area contributed by atoms with Gasteiger partial charge >= 0.3 is 0 Å². The summed E-state index contributed by atoms with van der Waals surface area (Å²) in [7, 11) is 0. The van der Waals surface area contributed by atoms with Gasteiger partial charge in [0.25, 0.3) is 0 Å². The summed E-state index contributed by atoms with van der Waals surface area (Å²) < 4.78 is 15.1. The SMILES string of the molecule is CC(C)(O)c1cccc(Oc2ccc3c(c2)nnn3-c2nc(N)nc(-c3ccco3)c2-c2ccc3nncn3c2)n1. The van der Waals surface area contributed by atoms with Crippen molar-refractivity contribution in [2.45, 2.75) is 19.4 Å². The molecule has 7 aromatic rings. The number of nitrogens with zero attached hydrogens (tertiary/aromatic N) is 9. The summed E-state index contributed by atoms with van der Waals surface area (Å²) in [4.78, 5) is 13.5. The Bertz CT molecular complexity index is 2040. The second-order valence-electron chi connectivity index (χ2n) is 9.79. The van der Waals surface area contributed by atoms with E-state index in [4.69, 9.17) is 14.9 Å². The summed E-state index contributed by atoms with van der Waals surface area (Å²) in [6, 6.07) is 17.9. The fourth-order valence-corrected chi connectivity index (χ4v) is 4.51. The second kappa shape index (κ2) is 9.20. The molecule has 0 aliphatic carbocycles. The molecule has 13 nitrogen and oxygen atoms in total. The number of aliphatic hydroxyl groups is 1. The number of aromatic nitrogens is 9. The fraction of sp³-hybridized carbons (Fsp3) is 0.107. The fourth-order valence-electron chi connectivity index (χ4n) is 4.51. The monoisotopic (exact) mass is 546 g/mol. The molecule has 13 heteroatoms. The highest BCUT2D eigenvalue weighted by atomic mass is 16.5. The standard InChI is InChI=1S/C28H22N10O3/c1-28(2,39)21-6-3-7-23(31-21)41-17-9-10-19-18(13-17)34-36-38(19)26-24(16-8-11-22-35-30-15-37(22)14-16)25(32-27(29)33-26)20-5-4-12-40-20/h3-15,39H,1-2H3,(H2,29,32,33). The van der Waals surface area contributed by atoms with Crippen molar-refractivity contribution in [2.24, 2.45) is 0 Å². The minimum Gasteiger partial charge on any atom is -0.463 e. The van der Waals surface area contributed by atoms with E-state index in [1.54, 1.807) is 78.0 Å². The van der Waals surface area contributed by atoms with Gasteiger partial charge in [0.05, 0.1) is 23.0 Å². The van der Waals surface area contributed by atoms with E-state index in [-0.39, 0.29) is 5.95 Å². The van der Waals surface area contributed by atoms with Crippen LogP contribution in [-0.2, 0) is 5.60 Å². The first-order valence-corrected chi connectivity index (χ1v) is 12.6. The third-order valence-electron chi connectivity index (χ3n) is 6.43. The van der Waals surface area contributed by atoms with Crippen LogP contribution in [-0.4, -0.2) is 49.7 Å². The zero-order chi connectivity index (χ0) is 28.1. The Hall–Kier alpha value is -5.69. The molecule has 0 radical (unpaired) electrons. The van der Waals surface area contributed by atoms with Crippen LogP contribution in [0.5, 0.6) is 11.6 Å². The molecule has 0 unspecified atom stereocenters. The Kier molecular flexibility index (Phi) is 5.47. The third kappa shape index (κ3) is 4.39. The quantitative estimate of drug-likeness (QED) is 0.307. The van der Waals surface area contributed by atoms with Crippen LogP contribution in [0.25, 0.3) is 45.1 Å². The van der Waals surface area contributed by atoms with Gasteiger partial charge in [0.2, 0.25) is 11.8 Å². The molecule has 0 saturated heterocycles. The van der Waals surface area contributed by atoms with Gasteiger partial charge < -0.3 is 20.0 Å². The largest absolute Gasteiger partial charge is 0.463 e. The molecule has 0 spiro atoms. The van der Waals surface area contributed by atoms with E-state index < -0.39 is 5.60 Å². The number of furan rings is 1. The van der Waals surface area contributed by atoms with Crippen molar-refractivity contribution in [3.8, 4) is 40.0 Å². The van der Waals surface area contributed by atoms with Crippen LogP contribution in [0.3, 0.4) is 0 Å². The maximum Gasteiger partial charge on any atom is 0.222 e. The molecule has 202 valence electrons. The van der Waals surface area contributed by atoms with Crippen molar-refractivity contribution < 1.29 is 14.3 Å². The lowest BCUT2D eigenvalue weighted by atomic mass is 10.0. The van der Waals surface area contributed by atoms with E-state index >= 15 is 0 Å². The van der Waals surface area contributed by atoms with Crippen LogP contribution >= 0.6 is 0 Å². The van der Waals surface area contributed by atoms with Crippen molar-refractivity contribution in [3.63, 3.8) is 0 Å². The minimum atomic E-state index is -1.10. The van der Waals surface area contributed by atoms with Gasteiger partial charge in [-0.1, -0.05) is 11.3 Å². The number of rotatable bonds is 6. The number of benzene rings is 1. The first kappa shape index (κ1) is 24.4. The van der Waals surface area contributed by atoms with E-state index in [2.05, 4.69) is 35.5 Å². The van der Waals surface area contributed by atoms with E-state index in [1.165, 1.54) is 0 Å². The van der Waals surface area contributed by atoms with Gasteiger partial charge in [-0.25, -0.2) is 9.97 Å². The zero-order valence-electron chi connectivity index (χ0n) is 21.9. The van der Waals surface area contributed by atoms with Crippen LogP contribution in [0, 0.1) is 0 Å². The first-order valence-electron chi connectivity index (χ1n) is 12.6. The van der Waals surface area contributed by atoms with Gasteiger partial charge in [0.15, 0.2) is 17.2 Å². The molecule has 3 N–H and O–H groups in total. The predicted octanol–water partition coefficient (Wildman–Crippen LogP) is 4.18. The lowest BCUT2D eigenvalue weighted by molar-refractivity contribution is 0.0733. The molecule has 0 fully saturated rings. The Balaban J connectivity index is 1.35. The number of ether oxygens (including phenoxy) is 1. The van der Waals surface area contributed by atoms with E-state index in [0.717, 1.165) is 5.56 Å². The number of nitrogens with two attached hydrogens (primary N) is 1. The van der Waals surface area contributed by atoms with Gasteiger partial charge in [-0.2, -0.15) is 9.67 Å². The molecule has 0 saturated carbocycles. The Morgan fingerprint density at radius 2 is 1.88 bits per heavy atom. The molecule has 1 aromatic carbocycles. The summed E-state index contributed by atoms with van der Waals surface area (Å²) >= 11 is 0. The minimum absolute atomic E-state index is 0.0434. The number of pyridine rings is 2. The number of hydrogen-bond donors (Lipinski definition) is 2. The molecule has 41 heavy (non-hydrogen) atoms. The smallest absolute Gasteiger partial charge is 0.222 e. The number of hydrogen-bond acceptors (Lipinski definition) is 11. The maximum absolute atomic E-state index is 10.3. The molecule has 6 heterocycles. The lowest BCUT2D eigenvalue weighted by Gasteiger charge is -2.17. The predicted molar refractivity (Wildman–Crippen MR) is 148 cm³/mol. The van der Waals surface area contributed by atoms with Gasteiger partial charge in [0.1, 0.15) is 28.9 Å². The van der Waals surface area contributed by atoms with Crippen molar-refractivity contribution >= 4 is 22.6 Å². The molecular formula is C28H22N10O3. The van der Waals surface area contributed by atoms with Crippen LogP contribution in [0.4, 0.5) is 5.95 Å². The molecule has 0 aliphatic heterocycles. The number of anilines is 1. The van der Waals surface area contributed by atoms with E-state index in [1.807, 2.05) is 24.4 Å². The summed E-state index contributed by atoms with van der Waals surface area (Å²) in [6.45, 7) is 3.33. The highest BCUT2D eigenvalue weighted by molar-refractivity contribution is 5.87. The molecule has 0 aliphatic rings. The summed E-state index contributed by atoms with van der Waals surface area (Å²) in [5, 5.41) is 27.2. The van der Waals surface area contributed by atoms with Gasteiger partial charge in [-0.05, 0) is 56.3 Å². The van der Waals surface area contributed by atoms with Gasteiger partial charge in [-0.15, -0.1) is 15.3 Å². The molecule has 0 bridgehead atoms. The van der Waals surface area contributed by atoms with Crippen molar-refractivity contribution in [2.75, 3.05) is 5.73 Å². The normalized spacial score (nSPS) is 11.9. The van der Waals surface area contributed by atoms with Crippen LogP contribution in [0.1, 0.15) is 19.5 Å². The average molecular weight is 547 g/mol. The third-order valence-corrected chi connectivity index (χ3v) is 6.43. The molecular weight excluding hydrogens is 524 g/mol. The van der Waals surface area contributed by atoms with Crippen LogP contribution < -0.4 is 10.5 Å². The van der Waals surface area contributed by atoms with Crippen LogP contribution in [0.2, 0.25) is 0 Å². The second-order valence-corrected chi connectivity index (χ2v) is 9.79. The Morgan fingerprint density at radius 3 is 2.71 bits per heavy atom. The Morgan fingerprint density at radius 1 is 0.976 bits per heavy atom. The van der Waals surface area contributed by atoms with Crippen molar-refractivity contribution in [1.29, 1.82) is 0 Å². The topological polar surface area (TPSA) is 168 Å². The van der Waals surface area contributed by atoms with Crippen molar-refractivity contribution in [1.82, 2.24) is 44.5 Å². The summed E-state index contributed by atoms with van der Waals surface area (Å²) in [5.41, 5.74) is 9.37. The Labute approximate surface area is 231 Å². The molecule has 0 amide bonds. The summed E-state index contributed by atoms with van der Waals surface area (Å²) in [6.07, 6.45) is 5.06. The lowest BCUT2D eigenvalue weighted by Crippen LogP contribution is -2.17. The van der Waals surface area contributed by atoms with Crippen LogP contribution in [0.15, 0.2) is 83.9 Å².